The number of nitrogens with zero attached hydrogens (tertiary/aromatic N) is 2. The number of rotatable bonds is 7. The monoisotopic (exact) mass is 307 g/mol. The van der Waals surface area contributed by atoms with Gasteiger partial charge in [0.05, 0.1) is 12.9 Å². The summed E-state index contributed by atoms with van der Waals surface area (Å²) < 4.78 is 29.6. The normalized spacial score (nSPS) is 24.2. The van der Waals surface area contributed by atoms with Gasteiger partial charge in [-0.15, -0.1) is 0 Å². The van der Waals surface area contributed by atoms with Crippen molar-refractivity contribution in [2.45, 2.75) is 12.5 Å². The standard InChI is InChI=1S/C12H25N3O4S/c1-14(2)7-10-8-15(20(4,17)18)9-11(10)13-12(16)5-6-19-3/h10-11H,5-9H2,1-4H3,(H,13,16)/t10-,11-/m1/s1. The van der Waals surface area contributed by atoms with Gasteiger partial charge < -0.3 is 15.0 Å². The van der Waals surface area contributed by atoms with Crippen molar-refractivity contribution in [2.75, 3.05) is 53.7 Å². The lowest BCUT2D eigenvalue weighted by Gasteiger charge is -2.22. The Bertz CT molecular complexity index is 424. The number of nitrogens with one attached hydrogen (secondary N) is 1. The van der Waals surface area contributed by atoms with Gasteiger partial charge >= 0.3 is 0 Å². The molecule has 0 saturated carbocycles. The van der Waals surface area contributed by atoms with Gasteiger partial charge in [-0.2, -0.15) is 4.31 Å². The van der Waals surface area contributed by atoms with Crippen LogP contribution in [-0.2, 0) is 19.6 Å². The van der Waals surface area contributed by atoms with E-state index in [2.05, 4.69) is 5.32 Å². The largest absolute Gasteiger partial charge is 0.384 e. The number of carbonyl (C=O) groups is 1. The fraction of sp³-hybridized carbons (Fsp3) is 0.917. The van der Waals surface area contributed by atoms with Crippen LogP contribution >= 0.6 is 0 Å². The molecule has 1 rings (SSSR count). The quantitative estimate of drug-likeness (QED) is 0.650. The van der Waals surface area contributed by atoms with Crippen LogP contribution in [0.5, 0.6) is 0 Å². The van der Waals surface area contributed by atoms with Gasteiger partial charge in [-0.3, -0.25) is 4.79 Å². The van der Waals surface area contributed by atoms with Gasteiger partial charge in [0.2, 0.25) is 15.9 Å². The second kappa shape index (κ2) is 7.35. The Kier molecular flexibility index (Phi) is 6.38. The number of carbonyl (C=O) groups excluding carboxylic acids is 1. The highest BCUT2D eigenvalue weighted by molar-refractivity contribution is 7.88. The predicted octanol–water partition coefficient (Wildman–Crippen LogP) is -1.04. The van der Waals surface area contributed by atoms with Crippen molar-refractivity contribution in [1.82, 2.24) is 14.5 Å². The van der Waals surface area contributed by atoms with Crippen molar-refractivity contribution in [2.24, 2.45) is 5.92 Å². The third-order valence-electron chi connectivity index (χ3n) is 3.36. The average molecular weight is 307 g/mol. The first-order valence-electron chi connectivity index (χ1n) is 6.62. The van der Waals surface area contributed by atoms with Crippen LogP contribution in [0.1, 0.15) is 6.42 Å². The fourth-order valence-electron chi connectivity index (χ4n) is 2.39. The molecule has 7 nitrogen and oxygen atoms in total. The molecule has 1 amide bonds. The molecule has 0 aromatic rings. The van der Waals surface area contributed by atoms with Gasteiger partial charge in [0.1, 0.15) is 0 Å². The molecule has 1 fully saturated rings. The molecule has 0 unspecified atom stereocenters. The molecule has 0 aromatic carbocycles. The Balaban J connectivity index is 2.67. The van der Waals surface area contributed by atoms with Crippen molar-refractivity contribution >= 4 is 15.9 Å². The summed E-state index contributed by atoms with van der Waals surface area (Å²) in [7, 11) is 2.20. The maximum atomic E-state index is 11.8. The van der Waals surface area contributed by atoms with E-state index in [0.29, 0.717) is 26.1 Å². The van der Waals surface area contributed by atoms with E-state index in [1.807, 2.05) is 19.0 Å². The highest BCUT2D eigenvalue weighted by Gasteiger charge is 2.37. The molecule has 0 radical (unpaired) electrons. The second-order valence-electron chi connectivity index (χ2n) is 5.52. The van der Waals surface area contributed by atoms with Gasteiger partial charge in [-0.25, -0.2) is 8.42 Å². The van der Waals surface area contributed by atoms with Crippen molar-refractivity contribution in [3.63, 3.8) is 0 Å². The van der Waals surface area contributed by atoms with Crippen LogP contribution in [0.3, 0.4) is 0 Å². The Morgan fingerprint density at radius 3 is 2.55 bits per heavy atom. The van der Waals surface area contributed by atoms with Gasteiger partial charge in [-0.1, -0.05) is 0 Å². The minimum atomic E-state index is -3.22. The molecule has 1 aliphatic rings. The third kappa shape index (κ3) is 5.35. The van der Waals surface area contributed by atoms with E-state index in [-0.39, 0.29) is 17.9 Å². The number of hydrogen-bond acceptors (Lipinski definition) is 5. The Hall–Kier alpha value is -0.700. The summed E-state index contributed by atoms with van der Waals surface area (Å²) in [5.41, 5.74) is 0. The number of ether oxygens (including phenoxy) is 1. The van der Waals surface area contributed by atoms with Crippen molar-refractivity contribution < 1.29 is 17.9 Å². The van der Waals surface area contributed by atoms with Gasteiger partial charge in [0.25, 0.3) is 0 Å². The van der Waals surface area contributed by atoms with E-state index < -0.39 is 10.0 Å². The summed E-state index contributed by atoms with van der Waals surface area (Å²) >= 11 is 0. The van der Waals surface area contributed by atoms with Crippen molar-refractivity contribution in [1.29, 1.82) is 0 Å². The SMILES string of the molecule is COCCC(=O)N[C@@H]1CN(S(C)(=O)=O)C[C@H]1CN(C)C. The molecule has 2 atom stereocenters. The highest BCUT2D eigenvalue weighted by Crippen LogP contribution is 2.20. The molecule has 0 aromatic heterocycles. The van der Waals surface area contributed by atoms with Crippen LogP contribution in [-0.4, -0.2) is 83.3 Å². The molecular formula is C12H25N3O4S. The molecule has 118 valence electrons. The third-order valence-corrected chi connectivity index (χ3v) is 4.59. The zero-order valence-corrected chi connectivity index (χ0v) is 13.4. The smallest absolute Gasteiger partial charge is 0.222 e. The minimum Gasteiger partial charge on any atom is -0.384 e. The number of sulfonamides is 1. The summed E-state index contributed by atoms with van der Waals surface area (Å²) in [6.45, 7) is 1.90. The summed E-state index contributed by atoms with van der Waals surface area (Å²) in [5.74, 6) is 0.00202. The topological polar surface area (TPSA) is 79.0 Å². The van der Waals surface area contributed by atoms with Gasteiger partial charge in [-0.05, 0) is 14.1 Å². The lowest BCUT2D eigenvalue weighted by atomic mass is 10.0. The first kappa shape index (κ1) is 17.4. The molecule has 0 bridgehead atoms. The number of methoxy groups -OCH3 is 1. The molecule has 20 heavy (non-hydrogen) atoms. The Labute approximate surface area is 121 Å². The van der Waals surface area contributed by atoms with Crippen molar-refractivity contribution in [3.8, 4) is 0 Å². The van der Waals surface area contributed by atoms with E-state index in [1.165, 1.54) is 10.6 Å². The lowest BCUT2D eigenvalue weighted by Crippen LogP contribution is -2.43. The van der Waals surface area contributed by atoms with Crippen LogP contribution in [0.15, 0.2) is 0 Å². The summed E-state index contributed by atoms with van der Waals surface area (Å²) in [5, 5.41) is 2.92. The van der Waals surface area contributed by atoms with E-state index in [4.69, 9.17) is 4.74 Å². The average Bonchev–Trinajstić information content (AvgIpc) is 2.68. The van der Waals surface area contributed by atoms with Crippen LogP contribution in [0.4, 0.5) is 0 Å². The molecule has 0 aliphatic carbocycles. The van der Waals surface area contributed by atoms with Crippen LogP contribution < -0.4 is 5.32 Å². The second-order valence-corrected chi connectivity index (χ2v) is 7.50. The molecule has 0 spiro atoms. The molecule has 1 N–H and O–H groups in total. The Morgan fingerprint density at radius 2 is 2.05 bits per heavy atom. The van der Waals surface area contributed by atoms with E-state index >= 15 is 0 Å². The first-order chi connectivity index (χ1) is 9.24. The Morgan fingerprint density at radius 1 is 1.40 bits per heavy atom. The van der Waals surface area contributed by atoms with E-state index in [0.717, 1.165) is 6.54 Å². The van der Waals surface area contributed by atoms with Crippen LogP contribution in [0, 0.1) is 5.92 Å². The van der Waals surface area contributed by atoms with Crippen LogP contribution in [0.2, 0.25) is 0 Å². The maximum Gasteiger partial charge on any atom is 0.222 e. The summed E-state index contributed by atoms with van der Waals surface area (Å²) in [4.78, 5) is 13.8. The lowest BCUT2D eigenvalue weighted by molar-refractivity contribution is -0.122. The first-order valence-corrected chi connectivity index (χ1v) is 8.47. The zero-order valence-electron chi connectivity index (χ0n) is 12.6. The van der Waals surface area contributed by atoms with E-state index in [9.17, 15) is 13.2 Å². The minimum absolute atomic E-state index is 0.101. The van der Waals surface area contributed by atoms with Crippen LogP contribution in [0.25, 0.3) is 0 Å². The van der Waals surface area contributed by atoms with Gasteiger partial charge in [0.15, 0.2) is 0 Å². The zero-order chi connectivity index (χ0) is 15.3. The predicted molar refractivity (Wildman–Crippen MR) is 76.9 cm³/mol. The summed E-state index contributed by atoms with van der Waals surface area (Å²) in [6, 6.07) is -0.142. The molecule has 1 aliphatic heterocycles. The number of hydrogen-bond donors (Lipinski definition) is 1. The molecule has 1 saturated heterocycles. The molecule has 1 heterocycles. The highest BCUT2D eigenvalue weighted by atomic mass is 32.2. The van der Waals surface area contributed by atoms with Gasteiger partial charge in [0, 0.05) is 45.1 Å². The van der Waals surface area contributed by atoms with E-state index in [1.54, 1.807) is 7.11 Å². The summed E-state index contributed by atoms with van der Waals surface area (Å²) in [6.07, 6.45) is 1.50. The van der Waals surface area contributed by atoms with Crippen molar-refractivity contribution in [3.05, 3.63) is 0 Å². The maximum absolute atomic E-state index is 11.8. The molecular weight excluding hydrogens is 282 g/mol. The number of amides is 1. The fourth-order valence-corrected chi connectivity index (χ4v) is 3.29. The molecule has 8 heteroatoms.